The summed E-state index contributed by atoms with van der Waals surface area (Å²) in [5.74, 6) is -0.422. The zero-order chi connectivity index (χ0) is 16.8. The lowest BCUT2D eigenvalue weighted by Gasteiger charge is -2.09. The lowest BCUT2D eigenvalue weighted by Crippen LogP contribution is -2.33. The predicted octanol–water partition coefficient (Wildman–Crippen LogP) is 3.36. The third-order valence-electron chi connectivity index (χ3n) is 3.49. The summed E-state index contributed by atoms with van der Waals surface area (Å²) in [4.78, 5) is 23.8. The topological polar surface area (TPSA) is 58.2 Å². The number of anilines is 1. The fraction of sp³-hybridized carbons (Fsp3) is 0.222. The molecule has 0 atom stereocenters. The summed E-state index contributed by atoms with van der Waals surface area (Å²) in [6.45, 7) is 3.97. The van der Waals surface area contributed by atoms with Crippen LogP contribution in [0.15, 0.2) is 46.9 Å². The highest BCUT2D eigenvalue weighted by Gasteiger charge is 2.07. The second-order valence-electron chi connectivity index (χ2n) is 5.43. The molecule has 0 aliphatic rings. The van der Waals surface area contributed by atoms with Gasteiger partial charge in [-0.2, -0.15) is 0 Å². The van der Waals surface area contributed by atoms with Gasteiger partial charge in [0.25, 0.3) is 0 Å². The molecule has 0 spiro atoms. The Bertz CT molecular complexity index is 729. The van der Waals surface area contributed by atoms with Gasteiger partial charge in [-0.1, -0.05) is 34.1 Å². The fourth-order valence-electron chi connectivity index (χ4n) is 2.10. The van der Waals surface area contributed by atoms with Gasteiger partial charge in [0.2, 0.25) is 11.8 Å². The van der Waals surface area contributed by atoms with Gasteiger partial charge in [-0.05, 0) is 54.8 Å². The number of hydrogen-bond acceptors (Lipinski definition) is 2. The Labute approximate surface area is 144 Å². The SMILES string of the molecule is Cc1ccc(NC(=O)CNC(=O)Cc2cccc(Br)c2)cc1C. The number of rotatable bonds is 5. The van der Waals surface area contributed by atoms with Crippen molar-refractivity contribution in [1.82, 2.24) is 5.32 Å². The van der Waals surface area contributed by atoms with Gasteiger partial charge in [0, 0.05) is 10.2 Å². The molecule has 0 bridgehead atoms. The van der Waals surface area contributed by atoms with Crippen LogP contribution in [0.1, 0.15) is 16.7 Å². The molecule has 0 unspecified atom stereocenters. The zero-order valence-electron chi connectivity index (χ0n) is 13.2. The Morgan fingerprint density at radius 2 is 1.78 bits per heavy atom. The van der Waals surface area contributed by atoms with Gasteiger partial charge in [-0.3, -0.25) is 9.59 Å². The second kappa shape index (κ2) is 7.92. The summed E-state index contributed by atoms with van der Waals surface area (Å²) in [6.07, 6.45) is 0.246. The molecule has 0 fully saturated rings. The average molecular weight is 375 g/mol. The van der Waals surface area contributed by atoms with Crippen molar-refractivity contribution >= 4 is 33.4 Å². The average Bonchev–Trinajstić information content (AvgIpc) is 2.49. The molecule has 2 rings (SSSR count). The van der Waals surface area contributed by atoms with Crippen molar-refractivity contribution in [3.63, 3.8) is 0 Å². The lowest BCUT2D eigenvalue weighted by molar-refractivity contribution is -0.123. The van der Waals surface area contributed by atoms with Crippen LogP contribution in [0.5, 0.6) is 0 Å². The van der Waals surface area contributed by atoms with Crippen LogP contribution in [0.3, 0.4) is 0 Å². The van der Waals surface area contributed by atoms with E-state index < -0.39 is 0 Å². The van der Waals surface area contributed by atoms with Crippen LogP contribution >= 0.6 is 15.9 Å². The van der Waals surface area contributed by atoms with E-state index in [2.05, 4.69) is 26.6 Å². The molecule has 0 saturated carbocycles. The number of hydrogen-bond donors (Lipinski definition) is 2. The summed E-state index contributed by atoms with van der Waals surface area (Å²) in [7, 11) is 0. The van der Waals surface area contributed by atoms with Crippen molar-refractivity contribution in [1.29, 1.82) is 0 Å². The molecule has 0 aliphatic carbocycles. The van der Waals surface area contributed by atoms with E-state index in [1.165, 1.54) is 5.56 Å². The minimum absolute atomic E-state index is 0.0419. The van der Waals surface area contributed by atoms with Crippen molar-refractivity contribution in [2.75, 3.05) is 11.9 Å². The van der Waals surface area contributed by atoms with E-state index in [1.54, 1.807) is 0 Å². The smallest absolute Gasteiger partial charge is 0.243 e. The minimum atomic E-state index is -0.240. The molecule has 4 nitrogen and oxygen atoms in total. The van der Waals surface area contributed by atoms with Crippen molar-refractivity contribution in [2.45, 2.75) is 20.3 Å². The summed E-state index contributed by atoms with van der Waals surface area (Å²) in [5.41, 5.74) is 3.91. The van der Waals surface area contributed by atoms with Crippen LogP contribution in [0.2, 0.25) is 0 Å². The first-order chi connectivity index (χ1) is 10.9. The normalized spacial score (nSPS) is 10.2. The first kappa shape index (κ1) is 17.2. The standard InChI is InChI=1S/C18H19BrN2O2/c1-12-6-7-16(8-13(12)2)21-18(23)11-20-17(22)10-14-4-3-5-15(19)9-14/h3-9H,10-11H2,1-2H3,(H,20,22)(H,21,23). The minimum Gasteiger partial charge on any atom is -0.347 e. The number of amides is 2. The Hall–Kier alpha value is -2.14. The van der Waals surface area contributed by atoms with E-state index in [1.807, 2.05) is 56.3 Å². The molecule has 2 N–H and O–H groups in total. The lowest BCUT2D eigenvalue weighted by atomic mass is 10.1. The molecule has 2 aromatic carbocycles. The van der Waals surface area contributed by atoms with E-state index in [-0.39, 0.29) is 24.8 Å². The van der Waals surface area contributed by atoms with Gasteiger partial charge in [-0.25, -0.2) is 0 Å². The number of benzene rings is 2. The third kappa shape index (κ3) is 5.53. The highest BCUT2D eigenvalue weighted by atomic mass is 79.9. The van der Waals surface area contributed by atoms with Crippen LogP contribution in [-0.4, -0.2) is 18.4 Å². The number of halogens is 1. The number of carbonyl (C=O) groups excluding carboxylic acids is 2. The van der Waals surface area contributed by atoms with Crippen LogP contribution in [0, 0.1) is 13.8 Å². The van der Waals surface area contributed by atoms with Gasteiger partial charge in [-0.15, -0.1) is 0 Å². The van der Waals surface area contributed by atoms with Gasteiger partial charge in [0.05, 0.1) is 13.0 Å². The number of nitrogens with one attached hydrogen (secondary N) is 2. The van der Waals surface area contributed by atoms with Crippen LogP contribution < -0.4 is 10.6 Å². The summed E-state index contributed by atoms with van der Waals surface area (Å²) in [5, 5.41) is 5.41. The Balaban J connectivity index is 1.81. The zero-order valence-corrected chi connectivity index (χ0v) is 14.7. The van der Waals surface area contributed by atoms with Crippen molar-refractivity contribution in [3.05, 3.63) is 63.6 Å². The van der Waals surface area contributed by atoms with Crippen molar-refractivity contribution < 1.29 is 9.59 Å². The van der Waals surface area contributed by atoms with Gasteiger partial charge >= 0.3 is 0 Å². The van der Waals surface area contributed by atoms with E-state index in [9.17, 15) is 9.59 Å². The molecule has 2 aromatic rings. The molecule has 0 radical (unpaired) electrons. The summed E-state index contributed by atoms with van der Waals surface area (Å²) in [6, 6.07) is 13.3. The highest BCUT2D eigenvalue weighted by Crippen LogP contribution is 2.14. The molecule has 0 heterocycles. The van der Waals surface area contributed by atoms with Crippen molar-refractivity contribution in [3.8, 4) is 0 Å². The Kier molecular flexibility index (Phi) is 5.93. The van der Waals surface area contributed by atoms with Gasteiger partial charge in [0.15, 0.2) is 0 Å². The van der Waals surface area contributed by atoms with Crippen LogP contribution in [0.25, 0.3) is 0 Å². The molecule has 0 aromatic heterocycles. The van der Waals surface area contributed by atoms with Crippen LogP contribution in [0.4, 0.5) is 5.69 Å². The number of carbonyl (C=O) groups is 2. The predicted molar refractivity (Wildman–Crippen MR) is 95.4 cm³/mol. The molecule has 120 valence electrons. The summed E-state index contributed by atoms with van der Waals surface area (Å²) >= 11 is 3.37. The highest BCUT2D eigenvalue weighted by molar-refractivity contribution is 9.10. The van der Waals surface area contributed by atoms with Crippen LogP contribution in [-0.2, 0) is 16.0 Å². The van der Waals surface area contributed by atoms with E-state index in [4.69, 9.17) is 0 Å². The Morgan fingerprint density at radius 1 is 1.00 bits per heavy atom. The fourth-order valence-corrected chi connectivity index (χ4v) is 2.54. The second-order valence-corrected chi connectivity index (χ2v) is 6.35. The first-order valence-corrected chi connectivity index (χ1v) is 8.11. The first-order valence-electron chi connectivity index (χ1n) is 7.32. The largest absolute Gasteiger partial charge is 0.347 e. The maximum absolute atomic E-state index is 11.9. The molecule has 2 amide bonds. The van der Waals surface area contributed by atoms with Gasteiger partial charge < -0.3 is 10.6 Å². The molecular formula is C18H19BrN2O2. The molecular weight excluding hydrogens is 356 g/mol. The van der Waals surface area contributed by atoms with Crippen molar-refractivity contribution in [2.24, 2.45) is 0 Å². The maximum Gasteiger partial charge on any atom is 0.243 e. The summed E-state index contributed by atoms with van der Waals surface area (Å²) < 4.78 is 0.926. The van der Waals surface area contributed by atoms with Gasteiger partial charge in [0.1, 0.15) is 0 Å². The molecule has 5 heteroatoms. The molecule has 23 heavy (non-hydrogen) atoms. The van der Waals surface area contributed by atoms with E-state index in [0.717, 1.165) is 21.3 Å². The monoisotopic (exact) mass is 374 g/mol. The van der Waals surface area contributed by atoms with E-state index >= 15 is 0 Å². The Morgan fingerprint density at radius 3 is 2.48 bits per heavy atom. The molecule has 0 saturated heterocycles. The van der Waals surface area contributed by atoms with E-state index in [0.29, 0.717) is 0 Å². The number of aryl methyl sites for hydroxylation is 2. The third-order valence-corrected chi connectivity index (χ3v) is 3.98. The maximum atomic E-state index is 11.9. The molecule has 0 aliphatic heterocycles. The quantitative estimate of drug-likeness (QED) is 0.842.